The Hall–Kier alpha value is -2.39. The Bertz CT molecular complexity index is 678. The van der Waals surface area contributed by atoms with Crippen LogP contribution >= 0.6 is 15.9 Å². The third-order valence-corrected chi connectivity index (χ3v) is 3.21. The minimum absolute atomic E-state index is 0.0500. The quantitative estimate of drug-likeness (QED) is 0.478. The molecule has 6 heteroatoms. The Balaban J connectivity index is 2.25. The molecule has 5 nitrogen and oxygen atoms in total. The van der Waals surface area contributed by atoms with Gasteiger partial charge < -0.3 is 4.74 Å². The first-order valence-corrected chi connectivity index (χ1v) is 6.77. The van der Waals surface area contributed by atoms with Crippen LogP contribution < -0.4 is 4.74 Å². The molecule has 2 aromatic rings. The summed E-state index contributed by atoms with van der Waals surface area (Å²) in [5.74, 6) is 1.08. The summed E-state index contributed by atoms with van der Waals surface area (Å²) >= 11 is 3.22. The molecule has 0 aliphatic rings. The molecule has 0 N–H and O–H groups in total. The summed E-state index contributed by atoms with van der Waals surface area (Å²) in [5, 5.41) is 19.9. The number of benzene rings is 2. The molecule has 0 radical (unpaired) electrons. The molecule has 20 heavy (non-hydrogen) atoms. The van der Waals surface area contributed by atoms with Crippen molar-refractivity contribution in [2.24, 2.45) is 0 Å². The molecule has 0 amide bonds. The van der Waals surface area contributed by atoms with E-state index in [-0.39, 0.29) is 5.69 Å². The minimum Gasteiger partial charge on any atom is -0.457 e. The lowest BCUT2D eigenvalue weighted by Gasteiger charge is -2.07. The molecule has 0 spiro atoms. The van der Waals surface area contributed by atoms with Gasteiger partial charge in [-0.25, -0.2) is 0 Å². The van der Waals surface area contributed by atoms with Crippen molar-refractivity contribution in [3.8, 4) is 17.6 Å². The molecule has 0 aromatic heterocycles. The predicted molar refractivity (Wildman–Crippen MR) is 77.0 cm³/mol. The molecule has 0 bridgehead atoms. The molecule has 0 saturated heterocycles. The van der Waals surface area contributed by atoms with Crippen LogP contribution in [0.2, 0.25) is 0 Å². The standard InChI is InChI=1S/C14H9BrN2O3/c15-8-11-7-13(5-6-14(11)17(18)19)20-12-3-1-10(9-16)2-4-12/h1-7H,8H2. The Kier molecular flexibility index (Phi) is 4.33. The second-order valence-electron chi connectivity index (χ2n) is 3.92. The molecule has 0 saturated carbocycles. The van der Waals surface area contributed by atoms with E-state index in [1.807, 2.05) is 6.07 Å². The van der Waals surface area contributed by atoms with Gasteiger partial charge in [-0.15, -0.1) is 0 Å². The topological polar surface area (TPSA) is 76.2 Å². The van der Waals surface area contributed by atoms with Gasteiger partial charge in [0.25, 0.3) is 5.69 Å². The van der Waals surface area contributed by atoms with Gasteiger partial charge in [0, 0.05) is 17.0 Å². The van der Waals surface area contributed by atoms with Crippen LogP contribution in [0.4, 0.5) is 5.69 Å². The van der Waals surface area contributed by atoms with E-state index < -0.39 is 4.92 Å². The van der Waals surface area contributed by atoms with Crippen LogP contribution in [0.5, 0.6) is 11.5 Å². The molecule has 2 rings (SSSR count). The highest BCUT2D eigenvalue weighted by molar-refractivity contribution is 9.08. The lowest BCUT2D eigenvalue weighted by atomic mass is 10.2. The van der Waals surface area contributed by atoms with Crippen molar-refractivity contribution >= 4 is 21.6 Å². The fourth-order valence-corrected chi connectivity index (χ4v) is 2.09. The molecular weight excluding hydrogens is 324 g/mol. The normalized spacial score (nSPS) is 9.80. The molecule has 0 aliphatic carbocycles. The molecule has 2 aromatic carbocycles. The zero-order valence-corrected chi connectivity index (χ0v) is 11.8. The van der Waals surface area contributed by atoms with Crippen molar-refractivity contribution in [3.63, 3.8) is 0 Å². The van der Waals surface area contributed by atoms with E-state index in [2.05, 4.69) is 15.9 Å². The molecular formula is C14H9BrN2O3. The van der Waals surface area contributed by atoms with E-state index in [1.165, 1.54) is 6.07 Å². The average Bonchev–Trinajstić information content (AvgIpc) is 2.47. The van der Waals surface area contributed by atoms with Crippen molar-refractivity contribution in [2.45, 2.75) is 5.33 Å². The van der Waals surface area contributed by atoms with Gasteiger partial charge in [-0.2, -0.15) is 5.26 Å². The smallest absolute Gasteiger partial charge is 0.273 e. The van der Waals surface area contributed by atoms with Crippen LogP contribution in [-0.2, 0) is 5.33 Å². The van der Waals surface area contributed by atoms with Gasteiger partial charge >= 0.3 is 0 Å². The first-order valence-electron chi connectivity index (χ1n) is 5.65. The average molecular weight is 333 g/mol. The van der Waals surface area contributed by atoms with Crippen molar-refractivity contribution < 1.29 is 9.66 Å². The third kappa shape index (κ3) is 3.13. The van der Waals surface area contributed by atoms with E-state index in [4.69, 9.17) is 10.00 Å². The summed E-state index contributed by atoms with van der Waals surface area (Å²) in [4.78, 5) is 10.4. The summed E-state index contributed by atoms with van der Waals surface area (Å²) in [7, 11) is 0. The van der Waals surface area contributed by atoms with Crippen molar-refractivity contribution in [1.82, 2.24) is 0 Å². The number of hydrogen-bond acceptors (Lipinski definition) is 4. The second kappa shape index (κ2) is 6.17. The number of halogens is 1. The van der Waals surface area contributed by atoms with Gasteiger partial charge in [-0.3, -0.25) is 10.1 Å². The zero-order valence-electron chi connectivity index (χ0n) is 10.2. The van der Waals surface area contributed by atoms with Gasteiger partial charge in [-0.1, -0.05) is 15.9 Å². The van der Waals surface area contributed by atoms with Crippen LogP contribution in [0, 0.1) is 21.4 Å². The maximum Gasteiger partial charge on any atom is 0.273 e. The molecule has 0 aliphatic heterocycles. The van der Waals surface area contributed by atoms with Crippen LogP contribution in [0.1, 0.15) is 11.1 Å². The van der Waals surface area contributed by atoms with Crippen LogP contribution in [0.3, 0.4) is 0 Å². The summed E-state index contributed by atoms with van der Waals surface area (Å²) in [6.07, 6.45) is 0. The highest BCUT2D eigenvalue weighted by Gasteiger charge is 2.13. The molecule has 0 heterocycles. The maximum absolute atomic E-state index is 10.8. The zero-order chi connectivity index (χ0) is 14.5. The van der Waals surface area contributed by atoms with Crippen LogP contribution in [-0.4, -0.2) is 4.92 Å². The second-order valence-corrected chi connectivity index (χ2v) is 4.48. The van der Waals surface area contributed by atoms with Gasteiger partial charge in [0.15, 0.2) is 0 Å². The first kappa shape index (κ1) is 14.0. The summed E-state index contributed by atoms with van der Waals surface area (Å²) in [6.45, 7) is 0. The summed E-state index contributed by atoms with van der Waals surface area (Å²) in [6, 6.07) is 13.2. The number of alkyl halides is 1. The Morgan fingerprint density at radius 1 is 1.20 bits per heavy atom. The molecule has 0 unspecified atom stereocenters. The SMILES string of the molecule is N#Cc1ccc(Oc2ccc([N+](=O)[O-])c(CBr)c2)cc1. The highest BCUT2D eigenvalue weighted by atomic mass is 79.9. The fraction of sp³-hybridized carbons (Fsp3) is 0.0714. The molecule has 0 atom stereocenters. The number of nitro benzene ring substituents is 1. The summed E-state index contributed by atoms with van der Waals surface area (Å²) in [5.41, 5.74) is 1.14. The number of hydrogen-bond donors (Lipinski definition) is 0. The van der Waals surface area contributed by atoms with Crippen molar-refractivity contribution in [2.75, 3.05) is 0 Å². The van der Waals surface area contributed by atoms with Crippen molar-refractivity contribution in [1.29, 1.82) is 5.26 Å². The van der Waals surface area contributed by atoms with Crippen LogP contribution in [0.25, 0.3) is 0 Å². The highest BCUT2D eigenvalue weighted by Crippen LogP contribution is 2.29. The number of ether oxygens (including phenoxy) is 1. The molecule has 100 valence electrons. The Morgan fingerprint density at radius 3 is 2.40 bits per heavy atom. The number of nitrogens with zero attached hydrogens (tertiary/aromatic N) is 2. The monoisotopic (exact) mass is 332 g/mol. The van der Waals surface area contributed by atoms with Gasteiger partial charge in [0.05, 0.1) is 16.6 Å². The lowest BCUT2D eigenvalue weighted by molar-refractivity contribution is -0.385. The maximum atomic E-state index is 10.8. The number of nitro groups is 1. The van der Waals surface area contributed by atoms with Gasteiger partial charge in [-0.05, 0) is 36.4 Å². The molecule has 0 fully saturated rings. The Morgan fingerprint density at radius 2 is 1.85 bits per heavy atom. The lowest BCUT2D eigenvalue weighted by Crippen LogP contribution is -1.94. The minimum atomic E-state index is -0.428. The largest absolute Gasteiger partial charge is 0.457 e. The van der Waals surface area contributed by atoms with Crippen LogP contribution in [0.15, 0.2) is 42.5 Å². The van der Waals surface area contributed by atoms with E-state index >= 15 is 0 Å². The summed E-state index contributed by atoms with van der Waals surface area (Å²) < 4.78 is 5.60. The Labute approximate surface area is 123 Å². The third-order valence-electron chi connectivity index (χ3n) is 2.61. The van der Waals surface area contributed by atoms with Gasteiger partial charge in [0.1, 0.15) is 11.5 Å². The van der Waals surface area contributed by atoms with E-state index in [0.717, 1.165) is 0 Å². The van der Waals surface area contributed by atoms with E-state index in [0.29, 0.717) is 28.0 Å². The number of nitriles is 1. The fourth-order valence-electron chi connectivity index (χ4n) is 1.64. The van der Waals surface area contributed by atoms with E-state index in [9.17, 15) is 10.1 Å². The van der Waals surface area contributed by atoms with Crippen molar-refractivity contribution in [3.05, 3.63) is 63.7 Å². The first-order chi connectivity index (χ1) is 9.63. The number of rotatable bonds is 4. The predicted octanol–water partition coefficient (Wildman–Crippen LogP) is 4.15. The van der Waals surface area contributed by atoms with Gasteiger partial charge in [0.2, 0.25) is 0 Å². The van der Waals surface area contributed by atoms with E-state index in [1.54, 1.807) is 36.4 Å².